The molecule has 2 heterocycles. The molecule has 1 aliphatic heterocycles. The van der Waals surface area contributed by atoms with Crippen molar-refractivity contribution in [1.82, 2.24) is 5.32 Å². The van der Waals surface area contributed by atoms with Crippen LogP contribution in [0.5, 0.6) is 0 Å². The number of amidine groups is 1. The number of ether oxygens (including phenoxy) is 1. The van der Waals surface area contributed by atoms with Crippen LogP contribution in [0.15, 0.2) is 58.0 Å². The lowest BCUT2D eigenvalue weighted by Gasteiger charge is -2.25. The number of carbonyl (C=O) groups excluding carboxylic acids is 1. The summed E-state index contributed by atoms with van der Waals surface area (Å²) in [6.45, 7) is 3.94. The van der Waals surface area contributed by atoms with Crippen LogP contribution in [-0.2, 0) is 15.3 Å². The normalized spacial score (nSPS) is 16.4. The fourth-order valence-electron chi connectivity index (χ4n) is 2.74. The van der Waals surface area contributed by atoms with Crippen molar-refractivity contribution in [3.63, 3.8) is 0 Å². The minimum Gasteiger partial charge on any atom is -0.478 e. The Morgan fingerprint density at radius 2 is 2.04 bits per heavy atom. The Kier molecular flexibility index (Phi) is 6.53. The molecule has 8 heteroatoms. The maximum Gasteiger partial charge on any atom is 0.338 e. The number of nitrogens with zero attached hydrogens (tertiary/aromatic N) is 1. The van der Waals surface area contributed by atoms with Gasteiger partial charge in [-0.2, -0.15) is 0 Å². The highest BCUT2D eigenvalue weighted by atomic mass is 32.2. The third-order valence-corrected chi connectivity index (χ3v) is 5.99. The van der Waals surface area contributed by atoms with Gasteiger partial charge in [0.1, 0.15) is 6.04 Å². The molecular weight excluding hydrogens is 396 g/mol. The first-order chi connectivity index (χ1) is 13.5. The number of carbonyl (C=O) groups is 2. The van der Waals surface area contributed by atoms with E-state index in [1.165, 1.54) is 11.8 Å². The van der Waals surface area contributed by atoms with Crippen molar-refractivity contribution >= 4 is 40.2 Å². The molecule has 0 saturated carbocycles. The van der Waals surface area contributed by atoms with Gasteiger partial charge in [-0.3, -0.25) is 0 Å². The zero-order valence-corrected chi connectivity index (χ0v) is 17.1. The molecule has 1 aromatic heterocycles. The van der Waals surface area contributed by atoms with E-state index in [-0.39, 0.29) is 11.5 Å². The Labute approximate surface area is 171 Å². The number of aromatic carboxylic acids is 1. The van der Waals surface area contributed by atoms with Gasteiger partial charge in [0, 0.05) is 16.3 Å². The van der Waals surface area contributed by atoms with Gasteiger partial charge in [0.05, 0.1) is 17.7 Å². The molecule has 2 N–H and O–H groups in total. The van der Waals surface area contributed by atoms with Crippen molar-refractivity contribution in [2.75, 3.05) is 6.61 Å². The monoisotopic (exact) mass is 416 g/mol. The standard InChI is InChI=1S/C20H20N2O4S2/c1-3-26-19(25)16-12(2)21-20(22-17(16)15-5-4-10-27-15)28-11-13-6-8-14(9-7-13)18(23)24/h4-10,17H,3,11H2,1-2H3,(H,21,22)(H,23,24)/t17-/m1/s1. The van der Waals surface area contributed by atoms with Crippen LogP contribution < -0.4 is 5.32 Å². The van der Waals surface area contributed by atoms with Crippen LogP contribution in [0.1, 0.15) is 40.7 Å². The second-order valence-electron chi connectivity index (χ2n) is 6.03. The molecule has 1 atom stereocenters. The van der Waals surface area contributed by atoms with Crippen LogP contribution in [0.2, 0.25) is 0 Å². The molecule has 0 amide bonds. The van der Waals surface area contributed by atoms with Crippen LogP contribution in [0.3, 0.4) is 0 Å². The summed E-state index contributed by atoms with van der Waals surface area (Å²) >= 11 is 3.06. The van der Waals surface area contributed by atoms with E-state index in [0.29, 0.717) is 23.1 Å². The lowest BCUT2D eigenvalue weighted by Crippen LogP contribution is -2.30. The van der Waals surface area contributed by atoms with E-state index in [0.717, 1.165) is 16.1 Å². The summed E-state index contributed by atoms with van der Waals surface area (Å²) in [7, 11) is 0. The largest absolute Gasteiger partial charge is 0.478 e. The third-order valence-electron chi connectivity index (χ3n) is 4.10. The first-order valence-electron chi connectivity index (χ1n) is 8.70. The summed E-state index contributed by atoms with van der Waals surface area (Å²) in [5.41, 5.74) is 2.51. The van der Waals surface area contributed by atoms with Gasteiger partial charge in [-0.1, -0.05) is 30.0 Å². The number of aliphatic imine (C=N–C) groups is 1. The Morgan fingerprint density at radius 3 is 2.64 bits per heavy atom. The Morgan fingerprint density at radius 1 is 1.29 bits per heavy atom. The van der Waals surface area contributed by atoms with Crippen LogP contribution in [0.4, 0.5) is 0 Å². The number of hydrogen-bond donors (Lipinski definition) is 2. The van der Waals surface area contributed by atoms with Gasteiger partial charge in [0.15, 0.2) is 5.17 Å². The van der Waals surface area contributed by atoms with Crippen LogP contribution in [-0.4, -0.2) is 28.8 Å². The quantitative estimate of drug-likeness (QED) is 0.686. The van der Waals surface area contributed by atoms with E-state index in [2.05, 4.69) is 5.32 Å². The average molecular weight is 417 g/mol. The lowest BCUT2D eigenvalue weighted by molar-refractivity contribution is -0.138. The fraction of sp³-hybridized carbons (Fsp3) is 0.250. The molecule has 3 rings (SSSR count). The number of thioether (sulfide) groups is 1. The van der Waals surface area contributed by atoms with Crippen LogP contribution >= 0.6 is 23.1 Å². The SMILES string of the molecule is CCOC(=O)C1=C(C)NC(SCc2ccc(C(=O)O)cc2)=N[C@@H]1c1cccs1. The minimum atomic E-state index is -0.941. The number of rotatable bonds is 6. The number of thiophene rings is 1. The molecule has 0 unspecified atom stereocenters. The zero-order valence-electron chi connectivity index (χ0n) is 15.5. The number of allylic oxidation sites excluding steroid dienone is 1. The molecule has 6 nitrogen and oxygen atoms in total. The molecule has 2 aromatic rings. The van der Waals surface area contributed by atoms with Crippen molar-refractivity contribution in [3.05, 3.63) is 69.1 Å². The number of esters is 1. The Balaban J connectivity index is 1.78. The summed E-state index contributed by atoms with van der Waals surface area (Å²) in [5, 5.41) is 14.9. The summed E-state index contributed by atoms with van der Waals surface area (Å²) in [6, 6.07) is 10.3. The number of nitrogens with one attached hydrogen (secondary N) is 1. The van der Waals surface area contributed by atoms with Gasteiger partial charge in [-0.05, 0) is 43.0 Å². The topological polar surface area (TPSA) is 88.0 Å². The van der Waals surface area contributed by atoms with Crippen LogP contribution in [0, 0.1) is 0 Å². The van der Waals surface area contributed by atoms with E-state index in [1.807, 2.05) is 24.4 Å². The lowest BCUT2D eigenvalue weighted by atomic mass is 10.0. The maximum atomic E-state index is 12.4. The van der Waals surface area contributed by atoms with Gasteiger partial charge in [-0.25, -0.2) is 14.6 Å². The first kappa shape index (κ1) is 20.2. The second-order valence-corrected chi connectivity index (χ2v) is 7.97. The summed E-state index contributed by atoms with van der Waals surface area (Å²) in [6.07, 6.45) is 0. The van der Waals surface area contributed by atoms with E-state index in [1.54, 1.807) is 42.5 Å². The van der Waals surface area contributed by atoms with E-state index < -0.39 is 12.0 Å². The van der Waals surface area contributed by atoms with E-state index in [9.17, 15) is 9.59 Å². The first-order valence-corrected chi connectivity index (χ1v) is 10.6. The summed E-state index contributed by atoms with van der Waals surface area (Å²) in [4.78, 5) is 29.1. The predicted octanol–water partition coefficient (Wildman–Crippen LogP) is 4.22. The predicted molar refractivity (Wildman–Crippen MR) is 112 cm³/mol. The minimum absolute atomic E-state index is 0.262. The van der Waals surface area contributed by atoms with Crippen molar-refractivity contribution in [3.8, 4) is 0 Å². The van der Waals surface area contributed by atoms with Crippen molar-refractivity contribution in [1.29, 1.82) is 0 Å². The van der Waals surface area contributed by atoms with Gasteiger partial charge in [-0.15, -0.1) is 11.3 Å². The molecule has 0 bridgehead atoms. The zero-order chi connectivity index (χ0) is 20.1. The molecule has 1 aromatic carbocycles. The van der Waals surface area contributed by atoms with Gasteiger partial charge in [0.2, 0.25) is 0 Å². The molecule has 0 aliphatic carbocycles. The van der Waals surface area contributed by atoms with Crippen molar-refractivity contribution in [2.45, 2.75) is 25.6 Å². The Hall–Kier alpha value is -2.58. The maximum absolute atomic E-state index is 12.4. The van der Waals surface area contributed by atoms with E-state index in [4.69, 9.17) is 14.8 Å². The highest BCUT2D eigenvalue weighted by Crippen LogP contribution is 2.35. The smallest absolute Gasteiger partial charge is 0.338 e. The molecule has 0 fully saturated rings. The number of hydrogen-bond acceptors (Lipinski definition) is 7. The molecular formula is C20H20N2O4S2. The Bertz CT molecular complexity index is 918. The molecule has 0 radical (unpaired) electrons. The van der Waals surface area contributed by atoms with Gasteiger partial charge < -0.3 is 15.2 Å². The molecule has 146 valence electrons. The molecule has 28 heavy (non-hydrogen) atoms. The molecule has 1 aliphatic rings. The summed E-state index contributed by atoms with van der Waals surface area (Å²) < 4.78 is 5.22. The highest BCUT2D eigenvalue weighted by Gasteiger charge is 2.30. The van der Waals surface area contributed by atoms with E-state index >= 15 is 0 Å². The number of benzene rings is 1. The second kappa shape index (κ2) is 9.07. The molecule has 0 spiro atoms. The van der Waals surface area contributed by atoms with Crippen molar-refractivity contribution < 1.29 is 19.4 Å². The number of carboxylic acids is 1. The van der Waals surface area contributed by atoms with Gasteiger partial charge >= 0.3 is 11.9 Å². The summed E-state index contributed by atoms with van der Waals surface area (Å²) in [5.74, 6) is -0.670. The number of carboxylic acid groups (broad SMARTS) is 1. The van der Waals surface area contributed by atoms with Crippen molar-refractivity contribution in [2.24, 2.45) is 4.99 Å². The average Bonchev–Trinajstić information content (AvgIpc) is 3.21. The third kappa shape index (κ3) is 4.63. The van der Waals surface area contributed by atoms with Gasteiger partial charge in [0.25, 0.3) is 0 Å². The van der Waals surface area contributed by atoms with Crippen LogP contribution in [0.25, 0.3) is 0 Å². The fourth-order valence-corrected chi connectivity index (χ4v) is 4.41. The highest BCUT2D eigenvalue weighted by molar-refractivity contribution is 8.13. The molecule has 0 saturated heterocycles.